The van der Waals surface area contributed by atoms with Gasteiger partial charge in [-0.1, -0.05) is 0 Å². The monoisotopic (exact) mass is 362 g/mol. The molecule has 3 rings (SSSR count). The molecule has 0 aliphatic carbocycles. The Morgan fingerprint density at radius 3 is 2.62 bits per heavy atom. The summed E-state index contributed by atoms with van der Waals surface area (Å²) in [4.78, 5) is 27.9. The molecule has 2 aliphatic heterocycles. The molecule has 1 N–H and O–H groups in total. The lowest BCUT2D eigenvalue weighted by Gasteiger charge is -2.42. The molecular weight excluding hydrogens is 335 g/mol. The van der Waals surface area contributed by atoms with Crippen molar-refractivity contribution in [3.05, 3.63) is 35.6 Å². The van der Waals surface area contributed by atoms with Gasteiger partial charge in [0, 0.05) is 31.7 Å². The summed E-state index contributed by atoms with van der Waals surface area (Å²) in [7, 11) is 1.63. The highest BCUT2D eigenvalue weighted by Crippen LogP contribution is 2.33. The quantitative estimate of drug-likeness (QED) is 0.817. The lowest BCUT2D eigenvalue weighted by molar-refractivity contribution is -0.149. The predicted molar refractivity (Wildman–Crippen MR) is 96.4 cm³/mol. The van der Waals surface area contributed by atoms with Crippen LogP contribution >= 0.6 is 0 Å². The minimum absolute atomic E-state index is 0.00592. The number of hydrogen-bond donors (Lipinski definition) is 1. The van der Waals surface area contributed by atoms with E-state index >= 15 is 0 Å². The van der Waals surface area contributed by atoms with Gasteiger partial charge in [0.15, 0.2) is 5.78 Å². The summed E-state index contributed by atoms with van der Waals surface area (Å²) >= 11 is 0. The first-order valence-corrected chi connectivity index (χ1v) is 9.34. The lowest BCUT2D eigenvalue weighted by Crippen LogP contribution is -2.54. The van der Waals surface area contributed by atoms with Crippen molar-refractivity contribution < 1.29 is 18.7 Å². The molecule has 0 bridgehead atoms. The summed E-state index contributed by atoms with van der Waals surface area (Å²) in [5.41, 5.74) is 0.0278. The van der Waals surface area contributed by atoms with Crippen molar-refractivity contribution in [2.45, 2.75) is 25.7 Å². The number of methoxy groups -OCH3 is 1. The summed E-state index contributed by atoms with van der Waals surface area (Å²) in [6.07, 6.45) is 3.09. The lowest BCUT2D eigenvalue weighted by atomic mass is 9.77. The van der Waals surface area contributed by atoms with Crippen LogP contribution in [0.2, 0.25) is 0 Å². The maximum absolute atomic E-state index is 13.3. The normalized spacial score (nSPS) is 22.8. The van der Waals surface area contributed by atoms with Crippen molar-refractivity contribution in [3.8, 4) is 0 Å². The molecular formula is C20H27FN2O3. The van der Waals surface area contributed by atoms with Crippen molar-refractivity contribution in [1.82, 2.24) is 10.2 Å². The number of rotatable bonds is 5. The minimum atomic E-state index is -0.485. The molecule has 0 radical (unpaired) electrons. The summed E-state index contributed by atoms with van der Waals surface area (Å²) in [6, 6.07) is 5.67. The zero-order valence-electron chi connectivity index (χ0n) is 15.3. The van der Waals surface area contributed by atoms with E-state index < -0.39 is 5.41 Å². The highest BCUT2D eigenvalue weighted by atomic mass is 19.1. The van der Waals surface area contributed by atoms with Gasteiger partial charge in [0.05, 0.1) is 12.0 Å². The van der Waals surface area contributed by atoms with E-state index in [-0.39, 0.29) is 23.4 Å². The summed E-state index contributed by atoms with van der Waals surface area (Å²) in [5.74, 6) is -0.472. The van der Waals surface area contributed by atoms with Crippen molar-refractivity contribution in [2.75, 3.05) is 39.9 Å². The smallest absolute Gasteiger partial charge is 0.231 e. The van der Waals surface area contributed by atoms with Crippen molar-refractivity contribution in [3.63, 3.8) is 0 Å². The average molecular weight is 362 g/mol. The third kappa shape index (κ3) is 3.96. The standard InChI is InChI=1S/C20H27FN2O3/c1-26-14-20(8-10-22-11-9-20)19(25)23-12-2-3-16(13-23)18(24)15-4-6-17(21)7-5-15/h4-7,16,22H,2-3,8-14H2,1H3. The van der Waals surface area contributed by atoms with E-state index in [1.165, 1.54) is 24.3 Å². The molecule has 142 valence electrons. The fraction of sp³-hybridized carbons (Fsp3) is 0.600. The molecule has 5 nitrogen and oxygen atoms in total. The van der Waals surface area contributed by atoms with Gasteiger partial charge < -0.3 is 15.0 Å². The van der Waals surface area contributed by atoms with E-state index in [0.717, 1.165) is 38.8 Å². The number of ether oxygens (including phenoxy) is 1. The maximum atomic E-state index is 13.3. The van der Waals surface area contributed by atoms with Gasteiger partial charge in [0.1, 0.15) is 5.82 Å². The number of amides is 1. The number of carbonyl (C=O) groups excluding carboxylic acids is 2. The highest BCUT2D eigenvalue weighted by molar-refractivity contribution is 5.98. The number of ketones is 1. The zero-order chi connectivity index (χ0) is 18.6. The second-order valence-electron chi connectivity index (χ2n) is 7.42. The average Bonchev–Trinajstić information content (AvgIpc) is 2.68. The van der Waals surface area contributed by atoms with Gasteiger partial charge in [-0.25, -0.2) is 4.39 Å². The summed E-state index contributed by atoms with van der Waals surface area (Å²) in [6.45, 7) is 3.15. The van der Waals surface area contributed by atoms with Gasteiger partial charge >= 0.3 is 0 Å². The SMILES string of the molecule is COCC1(C(=O)N2CCCC(C(=O)c3ccc(F)cc3)C2)CCNCC1. The molecule has 1 aromatic carbocycles. The Morgan fingerprint density at radius 1 is 1.27 bits per heavy atom. The highest BCUT2D eigenvalue weighted by Gasteiger charge is 2.43. The van der Waals surface area contributed by atoms with Crippen LogP contribution in [0.25, 0.3) is 0 Å². The predicted octanol–water partition coefficient (Wildman–Crippen LogP) is 2.26. The van der Waals surface area contributed by atoms with Crippen LogP contribution in [0.1, 0.15) is 36.0 Å². The van der Waals surface area contributed by atoms with E-state index in [9.17, 15) is 14.0 Å². The number of hydrogen-bond acceptors (Lipinski definition) is 4. The van der Waals surface area contributed by atoms with Crippen molar-refractivity contribution >= 4 is 11.7 Å². The van der Waals surface area contributed by atoms with Gasteiger partial charge in [0.2, 0.25) is 5.91 Å². The molecule has 0 aromatic heterocycles. The van der Waals surface area contributed by atoms with Crippen LogP contribution in [0.3, 0.4) is 0 Å². The van der Waals surface area contributed by atoms with Gasteiger partial charge in [-0.2, -0.15) is 0 Å². The van der Waals surface area contributed by atoms with E-state index in [4.69, 9.17) is 4.74 Å². The van der Waals surface area contributed by atoms with Crippen LogP contribution in [0.4, 0.5) is 4.39 Å². The van der Waals surface area contributed by atoms with Crippen LogP contribution in [0.5, 0.6) is 0 Å². The van der Waals surface area contributed by atoms with Crippen molar-refractivity contribution in [2.24, 2.45) is 11.3 Å². The first kappa shape index (κ1) is 19.0. The number of benzene rings is 1. The molecule has 2 heterocycles. The molecule has 1 atom stereocenters. The molecule has 6 heteroatoms. The largest absolute Gasteiger partial charge is 0.384 e. The Kier molecular flexibility index (Phi) is 6.04. The number of piperidine rings is 2. The maximum Gasteiger partial charge on any atom is 0.231 e. The summed E-state index contributed by atoms with van der Waals surface area (Å²) in [5, 5.41) is 3.30. The molecule has 2 aliphatic rings. The van der Waals surface area contributed by atoms with Crippen LogP contribution in [-0.4, -0.2) is 56.5 Å². The molecule has 26 heavy (non-hydrogen) atoms. The van der Waals surface area contributed by atoms with Gasteiger partial charge in [-0.15, -0.1) is 0 Å². The van der Waals surface area contributed by atoms with Crippen LogP contribution in [0.15, 0.2) is 24.3 Å². The Labute approximate surface area is 153 Å². The minimum Gasteiger partial charge on any atom is -0.384 e. The second kappa shape index (κ2) is 8.27. The third-order valence-electron chi connectivity index (χ3n) is 5.64. The number of nitrogens with zero attached hydrogens (tertiary/aromatic N) is 1. The van der Waals surface area contributed by atoms with Crippen LogP contribution in [-0.2, 0) is 9.53 Å². The van der Waals surface area contributed by atoms with Gasteiger partial charge in [-0.3, -0.25) is 9.59 Å². The van der Waals surface area contributed by atoms with E-state index in [1.54, 1.807) is 7.11 Å². The Morgan fingerprint density at radius 2 is 1.96 bits per heavy atom. The zero-order valence-corrected chi connectivity index (χ0v) is 15.3. The molecule has 0 saturated carbocycles. The Balaban J connectivity index is 1.71. The number of carbonyl (C=O) groups is 2. The number of likely N-dealkylation sites (tertiary alicyclic amines) is 1. The van der Waals surface area contributed by atoms with E-state index in [0.29, 0.717) is 25.3 Å². The number of Topliss-reactive ketones (excluding diaryl/α,β-unsaturated/α-hetero) is 1. The first-order valence-electron chi connectivity index (χ1n) is 9.34. The number of nitrogens with one attached hydrogen (secondary N) is 1. The van der Waals surface area contributed by atoms with Gasteiger partial charge in [-0.05, 0) is 63.0 Å². The fourth-order valence-electron chi connectivity index (χ4n) is 4.16. The Hall–Kier alpha value is -1.79. The van der Waals surface area contributed by atoms with Gasteiger partial charge in [0.25, 0.3) is 0 Å². The molecule has 1 aromatic rings. The number of halogens is 1. The van der Waals surface area contributed by atoms with Crippen molar-refractivity contribution in [1.29, 1.82) is 0 Å². The first-order chi connectivity index (χ1) is 12.6. The third-order valence-corrected chi connectivity index (χ3v) is 5.64. The second-order valence-corrected chi connectivity index (χ2v) is 7.42. The summed E-state index contributed by atoms with van der Waals surface area (Å²) < 4.78 is 18.5. The van der Waals surface area contributed by atoms with E-state index in [2.05, 4.69) is 5.32 Å². The molecule has 2 saturated heterocycles. The molecule has 2 fully saturated rings. The van der Waals surface area contributed by atoms with Crippen LogP contribution in [0, 0.1) is 17.2 Å². The Bertz CT molecular complexity index is 635. The molecule has 0 spiro atoms. The topological polar surface area (TPSA) is 58.6 Å². The van der Waals surface area contributed by atoms with Crippen LogP contribution < -0.4 is 5.32 Å². The van der Waals surface area contributed by atoms with E-state index in [1.807, 2.05) is 4.90 Å². The molecule has 1 amide bonds. The molecule has 1 unspecified atom stereocenters. The fourth-order valence-corrected chi connectivity index (χ4v) is 4.16.